The molecule has 2 N–H and O–H groups in total. The first-order valence-electron chi connectivity index (χ1n) is 6.29. The Morgan fingerprint density at radius 3 is 3.05 bits per heavy atom. The first-order chi connectivity index (χ1) is 9.24. The van der Waals surface area contributed by atoms with E-state index >= 15 is 0 Å². The second kappa shape index (κ2) is 6.24. The molecule has 1 unspecified atom stereocenters. The number of carbonyl (C=O) groups excluding carboxylic acids is 2. The second-order valence-electron chi connectivity index (χ2n) is 4.20. The van der Waals surface area contributed by atoms with Crippen molar-refractivity contribution < 1.29 is 9.59 Å². The zero-order chi connectivity index (χ0) is 13.7. The van der Waals surface area contributed by atoms with E-state index in [-0.39, 0.29) is 17.5 Å². The van der Waals surface area contributed by atoms with Crippen LogP contribution in [-0.2, 0) is 4.79 Å². The molecule has 1 fully saturated rings. The number of hydrogen-bond donors (Lipinski definition) is 2. The van der Waals surface area contributed by atoms with Crippen LogP contribution in [0.2, 0.25) is 0 Å². The maximum atomic E-state index is 12.3. The summed E-state index contributed by atoms with van der Waals surface area (Å²) < 4.78 is 0. The largest absolute Gasteiger partial charge is 0.355 e. The smallest absolute Gasteiger partial charge is 0.274 e. The molecule has 1 aromatic heterocycles. The van der Waals surface area contributed by atoms with Gasteiger partial charge in [-0.1, -0.05) is 0 Å². The molecule has 1 saturated heterocycles. The van der Waals surface area contributed by atoms with E-state index < -0.39 is 6.04 Å². The first-order valence-corrected chi connectivity index (χ1v) is 6.29. The summed E-state index contributed by atoms with van der Waals surface area (Å²) in [6.45, 7) is 4.00. The number of piperazine rings is 1. The van der Waals surface area contributed by atoms with E-state index in [0.29, 0.717) is 26.2 Å². The molecule has 0 aromatic carbocycles. The minimum atomic E-state index is -0.497. The van der Waals surface area contributed by atoms with Gasteiger partial charge in [-0.25, -0.2) is 4.98 Å². The third-order valence-electron chi connectivity index (χ3n) is 2.94. The minimum absolute atomic E-state index is 0.146. The van der Waals surface area contributed by atoms with Crippen LogP contribution in [0.15, 0.2) is 18.6 Å². The fraction of sp³-hybridized carbons (Fsp3) is 0.500. The van der Waals surface area contributed by atoms with Crippen LogP contribution in [-0.4, -0.2) is 58.9 Å². The Labute approximate surface area is 111 Å². The molecule has 2 amide bonds. The summed E-state index contributed by atoms with van der Waals surface area (Å²) in [7, 11) is 0. The van der Waals surface area contributed by atoms with Crippen molar-refractivity contribution in [3.8, 4) is 0 Å². The fourth-order valence-corrected chi connectivity index (χ4v) is 2.03. The lowest BCUT2D eigenvalue weighted by molar-refractivity contribution is -0.126. The standard InChI is InChI=1S/C12H17N5O2/c1-2-15-11(18)10-8-14-5-6-17(10)12(19)9-7-13-3-4-16-9/h3-4,7,10,14H,2,5-6,8H2,1H3,(H,15,18). The van der Waals surface area contributed by atoms with E-state index in [0.717, 1.165) is 0 Å². The highest BCUT2D eigenvalue weighted by Crippen LogP contribution is 2.08. The number of nitrogens with one attached hydrogen (secondary N) is 2. The molecule has 7 nitrogen and oxygen atoms in total. The third kappa shape index (κ3) is 3.05. The van der Waals surface area contributed by atoms with Gasteiger partial charge in [0.05, 0.1) is 6.20 Å². The van der Waals surface area contributed by atoms with Crippen LogP contribution in [0.5, 0.6) is 0 Å². The van der Waals surface area contributed by atoms with E-state index in [2.05, 4.69) is 20.6 Å². The lowest BCUT2D eigenvalue weighted by Gasteiger charge is -2.34. The number of aromatic nitrogens is 2. The summed E-state index contributed by atoms with van der Waals surface area (Å²) in [6, 6.07) is -0.497. The number of carbonyl (C=O) groups is 2. The van der Waals surface area contributed by atoms with Crippen LogP contribution >= 0.6 is 0 Å². The Hall–Kier alpha value is -2.02. The van der Waals surface area contributed by atoms with Crippen molar-refractivity contribution in [1.29, 1.82) is 0 Å². The summed E-state index contributed by atoms with van der Waals surface area (Å²) in [4.78, 5) is 33.7. The fourth-order valence-electron chi connectivity index (χ4n) is 2.03. The monoisotopic (exact) mass is 263 g/mol. The zero-order valence-electron chi connectivity index (χ0n) is 10.8. The Bertz CT molecular complexity index is 451. The van der Waals surface area contributed by atoms with Crippen LogP contribution in [0, 0.1) is 0 Å². The van der Waals surface area contributed by atoms with Gasteiger partial charge in [0.2, 0.25) is 5.91 Å². The Morgan fingerprint density at radius 2 is 2.37 bits per heavy atom. The van der Waals surface area contributed by atoms with Gasteiger partial charge in [-0.2, -0.15) is 0 Å². The zero-order valence-corrected chi connectivity index (χ0v) is 10.8. The summed E-state index contributed by atoms with van der Waals surface area (Å²) in [5.41, 5.74) is 0.263. The van der Waals surface area contributed by atoms with Gasteiger partial charge in [0.25, 0.3) is 5.91 Å². The van der Waals surface area contributed by atoms with Gasteiger partial charge in [-0.15, -0.1) is 0 Å². The highest BCUT2D eigenvalue weighted by Gasteiger charge is 2.32. The van der Waals surface area contributed by atoms with E-state index in [1.807, 2.05) is 6.92 Å². The molecule has 1 aromatic rings. The topological polar surface area (TPSA) is 87.2 Å². The molecule has 102 valence electrons. The maximum absolute atomic E-state index is 12.3. The normalized spacial score (nSPS) is 19.0. The van der Waals surface area contributed by atoms with Crippen molar-refractivity contribution in [2.45, 2.75) is 13.0 Å². The molecule has 1 atom stereocenters. The predicted molar refractivity (Wildman–Crippen MR) is 68.4 cm³/mol. The highest BCUT2D eigenvalue weighted by molar-refractivity contribution is 5.96. The molecule has 0 saturated carbocycles. The molecular formula is C12H17N5O2. The molecule has 0 aliphatic carbocycles. The van der Waals surface area contributed by atoms with E-state index in [1.54, 1.807) is 4.90 Å². The SMILES string of the molecule is CCNC(=O)C1CNCCN1C(=O)c1cnccn1. The van der Waals surface area contributed by atoms with Crippen LogP contribution in [0.1, 0.15) is 17.4 Å². The van der Waals surface area contributed by atoms with Crippen LogP contribution in [0.3, 0.4) is 0 Å². The molecule has 0 bridgehead atoms. The van der Waals surface area contributed by atoms with E-state index in [1.165, 1.54) is 18.6 Å². The molecule has 1 aliphatic heterocycles. The number of hydrogen-bond acceptors (Lipinski definition) is 5. The quantitative estimate of drug-likeness (QED) is 0.732. The summed E-state index contributed by atoms with van der Waals surface area (Å²) in [6.07, 6.45) is 4.39. The van der Waals surface area contributed by atoms with Crippen molar-refractivity contribution in [2.75, 3.05) is 26.2 Å². The minimum Gasteiger partial charge on any atom is -0.355 e. The molecule has 19 heavy (non-hydrogen) atoms. The van der Waals surface area contributed by atoms with Crippen LogP contribution in [0.4, 0.5) is 0 Å². The van der Waals surface area contributed by atoms with Gasteiger partial charge in [0.15, 0.2) is 0 Å². The molecule has 7 heteroatoms. The number of rotatable bonds is 3. The molecule has 1 aliphatic rings. The summed E-state index contributed by atoms with van der Waals surface area (Å²) in [5, 5.41) is 5.86. The maximum Gasteiger partial charge on any atom is 0.274 e. The Kier molecular flexibility index (Phi) is 4.40. The number of amides is 2. The molecule has 2 rings (SSSR count). The van der Waals surface area contributed by atoms with Crippen molar-refractivity contribution in [3.63, 3.8) is 0 Å². The molecule has 0 spiro atoms. The van der Waals surface area contributed by atoms with Gasteiger partial charge in [0.1, 0.15) is 11.7 Å². The lowest BCUT2D eigenvalue weighted by atomic mass is 10.1. The Morgan fingerprint density at radius 1 is 1.53 bits per heavy atom. The van der Waals surface area contributed by atoms with Crippen molar-refractivity contribution in [1.82, 2.24) is 25.5 Å². The molecular weight excluding hydrogens is 246 g/mol. The van der Waals surface area contributed by atoms with Crippen molar-refractivity contribution in [3.05, 3.63) is 24.3 Å². The first kappa shape index (κ1) is 13.4. The lowest BCUT2D eigenvalue weighted by Crippen LogP contribution is -2.59. The average Bonchev–Trinajstić information content (AvgIpc) is 2.47. The van der Waals surface area contributed by atoms with Gasteiger partial charge in [-0.05, 0) is 6.92 Å². The van der Waals surface area contributed by atoms with Gasteiger partial charge >= 0.3 is 0 Å². The number of likely N-dealkylation sites (N-methyl/N-ethyl adjacent to an activating group) is 1. The van der Waals surface area contributed by atoms with Crippen molar-refractivity contribution >= 4 is 11.8 Å². The molecule has 0 radical (unpaired) electrons. The predicted octanol–water partition coefficient (Wildman–Crippen LogP) is -0.973. The van der Waals surface area contributed by atoms with Crippen LogP contribution < -0.4 is 10.6 Å². The average molecular weight is 263 g/mol. The van der Waals surface area contributed by atoms with Gasteiger partial charge in [0, 0.05) is 38.6 Å². The Balaban J connectivity index is 2.15. The summed E-state index contributed by atoms with van der Waals surface area (Å²) >= 11 is 0. The summed E-state index contributed by atoms with van der Waals surface area (Å²) in [5.74, 6) is -0.405. The van der Waals surface area contributed by atoms with Crippen molar-refractivity contribution in [2.24, 2.45) is 0 Å². The second-order valence-corrected chi connectivity index (χ2v) is 4.20. The molecule has 2 heterocycles. The van der Waals surface area contributed by atoms with Gasteiger partial charge < -0.3 is 15.5 Å². The van der Waals surface area contributed by atoms with E-state index in [4.69, 9.17) is 0 Å². The number of nitrogens with zero attached hydrogens (tertiary/aromatic N) is 3. The highest BCUT2D eigenvalue weighted by atomic mass is 16.2. The van der Waals surface area contributed by atoms with Crippen LogP contribution in [0.25, 0.3) is 0 Å². The third-order valence-corrected chi connectivity index (χ3v) is 2.94. The van der Waals surface area contributed by atoms with Gasteiger partial charge in [-0.3, -0.25) is 14.6 Å². The van der Waals surface area contributed by atoms with E-state index in [9.17, 15) is 9.59 Å².